The van der Waals surface area contributed by atoms with Crippen molar-refractivity contribution in [3.8, 4) is 0 Å². The van der Waals surface area contributed by atoms with Crippen molar-refractivity contribution < 1.29 is 23.1 Å². The van der Waals surface area contributed by atoms with Crippen LogP contribution in [0.15, 0.2) is 35.2 Å². The predicted molar refractivity (Wildman–Crippen MR) is 73.7 cm³/mol. The number of methoxy groups -OCH3 is 1. The highest BCUT2D eigenvalue weighted by molar-refractivity contribution is 7.89. The van der Waals surface area contributed by atoms with Crippen molar-refractivity contribution in [1.29, 1.82) is 0 Å². The number of carbonyl (C=O) groups excluding carboxylic acids is 1. The molecule has 1 aliphatic heterocycles. The Morgan fingerprint density at radius 1 is 1.24 bits per heavy atom. The Morgan fingerprint density at radius 2 is 1.86 bits per heavy atom. The van der Waals surface area contributed by atoms with Crippen molar-refractivity contribution >= 4 is 16.0 Å². The van der Waals surface area contributed by atoms with Crippen molar-refractivity contribution in [3.05, 3.63) is 30.3 Å². The highest BCUT2D eigenvalue weighted by Crippen LogP contribution is 2.47. The third-order valence-electron chi connectivity index (χ3n) is 4.50. The smallest absolute Gasteiger partial charge is 0.311 e. The van der Waals surface area contributed by atoms with Crippen molar-refractivity contribution in [2.75, 3.05) is 20.2 Å². The second kappa shape index (κ2) is 5.08. The molecule has 3 rings (SSSR count). The van der Waals surface area contributed by atoms with Gasteiger partial charge in [0.25, 0.3) is 0 Å². The van der Waals surface area contributed by atoms with Crippen molar-refractivity contribution in [2.24, 2.45) is 17.8 Å². The quantitative estimate of drug-likeness (QED) is 0.800. The van der Waals surface area contributed by atoms with Gasteiger partial charge in [-0.25, -0.2) is 8.42 Å². The number of ether oxygens (including phenoxy) is 1. The molecule has 0 amide bonds. The van der Waals surface area contributed by atoms with Gasteiger partial charge in [0.05, 0.1) is 24.0 Å². The van der Waals surface area contributed by atoms with E-state index in [1.165, 1.54) is 11.4 Å². The number of benzene rings is 1. The predicted octanol–water partition coefficient (Wildman–Crippen LogP) is 0.0870. The molecule has 1 saturated heterocycles. The van der Waals surface area contributed by atoms with Gasteiger partial charge in [-0.05, 0) is 18.1 Å². The first-order valence-electron chi connectivity index (χ1n) is 6.78. The SMILES string of the molecule is COC(=O)[C@H]1[C@@H](O)[C@@H]2CN(S(=O)(=O)c3ccccc3)C[C@@H]21. The van der Waals surface area contributed by atoms with Gasteiger partial charge in [0.2, 0.25) is 10.0 Å². The molecule has 0 radical (unpaired) electrons. The molecular formula is C14H17NO5S. The van der Waals surface area contributed by atoms with E-state index in [1.54, 1.807) is 30.3 Å². The van der Waals surface area contributed by atoms with Crippen LogP contribution in [0.2, 0.25) is 0 Å². The van der Waals surface area contributed by atoms with E-state index in [2.05, 4.69) is 4.74 Å². The number of hydrogen-bond donors (Lipinski definition) is 1. The first-order valence-corrected chi connectivity index (χ1v) is 8.22. The number of esters is 1. The lowest BCUT2D eigenvalue weighted by Gasteiger charge is -2.42. The second-order valence-corrected chi connectivity index (χ2v) is 7.44. The van der Waals surface area contributed by atoms with E-state index in [0.29, 0.717) is 0 Å². The first-order chi connectivity index (χ1) is 9.96. The number of sulfonamides is 1. The molecule has 1 aromatic carbocycles. The fourth-order valence-corrected chi connectivity index (χ4v) is 4.85. The maximum absolute atomic E-state index is 12.5. The molecule has 4 atom stereocenters. The van der Waals surface area contributed by atoms with Crippen LogP contribution in [0.5, 0.6) is 0 Å². The summed E-state index contributed by atoms with van der Waals surface area (Å²) in [6.45, 7) is 0.495. The van der Waals surface area contributed by atoms with Crippen LogP contribution in [0.3, 0.4) is 0 Å². The summed E-state index contributed by atoms with van der Waals surface area (Å²) in [7, 11) is -2.30. The molecule has 0 unspecified atom stereocenters. The highest BCUT2D eigenvalue weighted by atomic mass is 32.2. The molecule has 1 heterocycles. The van der Waals surface area contributed by atoms with Crippen LogP contribution in [-0.2, 0) is 19.6 Å². The van der Waals surface area contributed by atoms with Gasteiger partial charge in [-0.3, -0.25) is 4.79 Å². The van der Waals surface area contributed by atoms with Crippen LogP contribution in [0.1, 0.15) is 0 Å². The van der Waals surface area contributed by atoms with Crippen LogP contribution in [-0.4, -0.2) is 50.1 Å². The van der Waals surface area contributed by atoms with Crippen molar-refractivity contribution in [1.82, 2.24) is 4.31 Å². The minimum atomic E-state index is -3.57. The van der Waals surface area contributed by atoms with E-state index in [4.69, 9.17) is 0 Å². The molecule has 1 N–H and O–H groups in total. The molecule has 21 heavy (non-hydrogen) atoms. The minimum absolute atomic E-state index is 0.161. The van der Waals surface area contributed by atoms with E-state index in [-0.39, 0.29) is 29.8 Å². The van der Waals surface area contributed by atoms with E-state index in [0.717, 1.165) is 0 Å². The number of aliphatic hydroxyl groups is 1. The maximum Gasteiger partial charge on any atom is 0.311 e. The first kappa shape index (κ1) is 14.5. The van der Waals surface area contributed by atoms with Gasteiger partial charge in [-0.15, -0.1) is 0 Å². The van der Waals surface area contributed by atoms with Crippen molar-refractivity contribution in [3.63, 3.8) is 0 Å². The van der Waals surface area contributed by atoms with Gasteiger partial charge in [0.15, 0.2) is 0 Å². The van der Waals surface area contributed by atoms with Crippen molar-refractivity contribution in [2.45, 2.75) is 11.0 Å². The summed E-state index contributed by atoms with van der Waals surface area (Å²) < 4.78 is 31.1. The number of carbonyl (C=O) groups is 1. The molecule has 1 aromatic rings. The minimum Gasteiger partial charge on any atom is -0.469 e. The lowest BCUT2D eigenvalue weighted by molar-refractivity contribution is -0.168. The molecular weight excluding hydrogens is 294 g/mol. The monoisotopic (exact) mass is 311 g/mol. The average molecular weight is 311 g/mol. The Balaban J connectivity index is 1.81. The molecule has 114 valence electrons. The van der Waals surface area contributed by atoms with Crippen LogP contribution < -0.4 is 0 Å². The number of hydrogen-bond acceptors (Lipinski definition) is 5. The summed E-state index contributed by atoms with van der Waals surface area (Å²) in [6, 6.07) is 8.19. The Hall–Kier alpha value is -1.44. The Kier molecular flexibility index (Phi) is 3.51. The fraction of sp³-hybridized carbons (Fsp3) is 0.500. The molecule has 1 saturated carbocycles. The number of aliphatic hydroxyl groups excluding tert-OH is 1. The third kappa shape index (κ3) is 2.16. The Bertz CT molecular complexity index is 645. The molecule has 0 aromatic heterocycles. The molecule has 7 heteroatoms. The van der Waals surface area contributed by atoms with Gasteiger partial charge in [0, 0.05) is 19.0 Å². The van der Waals surface area contributed by atoms with Gasteiger partial charge in [-0.1, -0.05) is 18.2 Å². The normalized spacial score (nSPS) is 32.3. The topological polar surface area (TPSA) is 83.9 Å². The van der Waals surface area contributed by atoms with Crippen LogP contribution in [0.4, 0.5) is 0 Å². The Labute approximate surface area is 123 Å². The van der Waals surface area contributed by atoms with Crippen LogP contribution in [0.25, 0.3) is 0 Å². The number of rotatable bonds is 3. The molecule has 0 bridgehead atoms. The highest BCUT2D eigenvalue weighted by Gasteiger charge is 2.59. The lowest BCUT2D eigenvalue weighted by atomic mass is 9.64. The zero-order valence-corrected chi connectivity index (χ0v) is 12.4. The zero-order valence-electron chi connectivity index (χ0n) is 11.5. The van der Waals surface area contributed by atoms with Gasteiger partial charge in [-0.2, -0.15) is 4.31 Å². The number of nitrogens with zero attached hydrogens (tertiary/aromatic N) is 1. The largest absolute Gasteiger partial charge is 0.469 e. The summed E-state index contributed by atoms with van der Waals surface area (Å²) in [6.07, 6.45) is -0.821. The standard InChI is InChI=1S/C14H17NO5S/c1-20-14(17)12-10-7-15(8-11(10)13(12)16)21(18,19)9-5-3-2-4-6-9/h2-6,10-13,16H,7-8H2,1H3/t10-,11+,12+,13-/m0/s1. The third-order valence-corrected chi connectivity index (χ3v) is 6.35. The lowest BCUT2D eigenvalue weighted by Crippen LogP contribution is -2.54. The second-order valence-electron chi connectivity index (χ2n) is 5.50. The summed E-state index contributed by atoms with van der Waals surface area (Å²) in [5.41, 5.74) is 0. The fourth-order valence-electron chi connectivity index (χ4n) is 3.32. The zero-order chi connectivity index (χ0) is 15.2. The van der Waals surface area contributed by atoms with E-state index >= 15 is 0 Å². The van der Waals surface area contributed by atoms with Gasteiger partial charge < -0.3 is 9.84 Å². The molecule has 0 spiro atoms. The maximum atomic E-state index is 12.5. The van der Waals surface area contributed by atoms with E-state index in [1.807, 2.05) is 0 Å². The molecule has 2 fully saturated rings. The average Bonchev–Trinajstić information content (AvgIpc) is 2.88. The summed E-state index contributed by atoms with van der Waals surface area (Å²) in [4.78, 5) is 11.9. The van der Waals surface area contributed by atoms with Gasteiger partial charge >= 0.3 is 5.97 Å². The summed E-state index contributed by atoms with van der Waals surface area (Å²) >= 11 is 0. The summed E-state index contributed by atoms with van der Waals surface area (Å²) in [5.74, 6) is -1.43. The van der Waals surface area contributed by atoms with Gasteiger partial charge in [0.1, 0.15) is 0 Å². The van der Waals surface area contributed by atoms with E-state index < -0.39 is 28.0 Å². The van der Waals surface area contributed by atoms with Crippen LogP contribution in [0, 0.1) is 17.8 Å². The molecule has 2 aliphatic rings. The molecule has 1 aliphatic carbocycles. The number of fused-ring (bicyclic) bond motifs is 1. The van der Waals surface area contributed by atoms with Crippen LogP contribution >= 0.6 is 0 Å². The summed E-state index contributed by atoms with van der Waals surface area (Å²) in [5, 5.41) is 10.0. The Morgan fingerprint density at radius 3 is 2.48 bits per heavy atom. The molecule has 6 nitrogen and oxygen atoms in total. The van der Waals surface area contributed by atoms with E-state index in [9.17, 15) is 18.3 Å².